The topological polar surface area (TPSA) is 26.7 Å². The highest BCUT2D eigenvalue weighted by atomic mass is 19.1. The third-order valence-corrected chi connectivity index (χ3v) is 4.37. The maximum absolute atomic E-state index is 13.6. The maximum Gasteiger partial charge on any atom is 0.129 e. The standard InChI is InChI=1S/C16H23FN2O/c17-15-4-2-1-3-14(15)16(20)12-19-9-7-18(8-10-19)11-13-5-6-13/h1-4,13,16,20H,5-12H2. The van der Waals surface area contributed by atoms with E-state index in [0.717, 1.165) is 32.1 Å². The van der Waals surface area contributed by atoms with Gasteiger partial charge in [0, 0.05) is 44.8 Å². The molecule has 1 aromatic rings. The fraction of sp³-hybridized carbons (Fsp3) is 0.625. The van der Waals surface area contributed by atoms with Crippen LogP contribution in [-0.4, -0.2) is 54.2 Å². The molecule has 2 aliphatic rings. The van der Waals surface area contributed by atoms with Crippen LogP contribution in [0.1, 0.15) is 24.5 Å². The highest BCUT2D eigenvalue weighted by molar-refractivity contribution is 5.20. The van der Waals surface area contributed by atoms with Crippen molar-refractivity contribution in [1.29, 1.82) is 0 Å². The van der Waals surface area contributed by atoms with Crippen molar-refractivity contribution in [2.45, 2.75) is 18.9 Å². The summed E-state index contributed by atoms with van der Waals surface area (Å²) in [6.07, 6.45) is 2.06. The van der Waals surface area contributed by atoms with Crippen molar-refractivity contribution in [2.75, 3.05) is 39.3 Å². The highest BCUT2D eigenvalue weighted by Crippen LogP contribution is 2.30. The molecule has 1 saturated heterocycles. The lowest BCUT2D eigenvalue weighted by molar-refractivity contribution is 0.0694. The third kappa shape index (κ3) is 3.57. The Kier molecular flexibility index (Phi) is 4.34. The second-order valence-corrected chi connectivity index (χ2v) is 6.08. The quantitative estimate of drug-likeness (QED) is 0.891. The Balaban J connectivity index is 1.47. The number of β-amino-alcohol motifs (C(OH)–C–C–N with tert-alkyl or cyclic N) is 1. The van der Waals surface area contributed by atoms with Crippen LogP contribution in [0.4, 0.5) is 4.39 Å². The fourth-order valence-electron chi connectivity index (χ4n) is 2.91. The number of aliphatic hydroxyl groups is 1. The Morgan fingerprint density at radius 3 is 2.40 bits per heavy atom. The predicted molar refractivity (Wildman–Crippen MR) is 77.0 cm³/mol. The van der Waals surface area contributed by atoms with E-state index in [1.807, 2.05) is 0 Å². The van der Waals surface area contributed by atoms with Gasteiger partial charge in [0.1, 0.15) is 5.82 Å². The molecule has 3 rings (SSSR count). The Morgan fingerprint density at radius 1 is 1.10 bits per heavy atom. The van der Waals surface area contributed by atoms with Gasteiger partial charge in [-0.25, -0.2) is 4.39 Å². The van der Waals surface area contributed by atoms with E-state index in [2.05, 4.69) is 9.80 Å². The van der Waals surface area contributed by atoms with Gasteiger partial charge in [-0.3, -0.25) is 4.90 Å². The minimum atomic E-state index is -0.730. The van der Waals surface area contributed by atoms with Gasteiger partial charge in [-0.15, -0.1) is 0 Å². The number of hydrogen-bond donors (Lipinski definition) is 1. The molecule has 1 aliphatic carbocycles. The first-order valence-electron chi connectivity index (χ1n) is 7.59. The summed E-state index contributed by atoms with van der Waals surface area (Å²) in [5.41, 5.74) is 0.410. The Bertz CT molecular complexity index is 442. The Hall–Kier alpha value is -0.970. The molecule has 0 spiro atoms. The lowest BCUT2D eigenvalue weighted by atomic mass is 10.1. The fourth-order valence-corrected chi connectivity index (χ4v) is 2.91. The minimum absolute atomic E-state index is 0.313. The largest absolute Gasteiger partial charge is 0.387 e. The number of piperazine rings is 1. The molecule has 1 saturated carbocycles. The Labute approximate surface area is 120 Å². The van der Waals surface area contributed by atoms with Crippen molar-refractivity contribution in [3.8, 4) is 0 Å². The summed E-state index contributed by atoms with van der Waals surface area (Å²) >= 11 is 0. The van der Waals surface area contributed by atoms with Crippen molar-refractivity contribution < 1.29 is 9.50 Å². The van der Waals surface area contributed by atoms with Crippen LogP contribution in [0.5, 0.6) is 0 Å². The maximum atomic E-state index is 13.6. The average molecular weight is 278 g/mol. The van der Waals surface area contributed by atoms with Gasteiger partial charge >= 0.3 is 0 Å². The summed E-state index contributed by atoms with van der Waals surface area (Å²) in [6, 6.07) is 6.51. The van der Waals surface area contributed by atoms with Crippen molar-refractivity contribution in [1.82, 2.24) is 9.80 Å². The lowest BCUT2D eigenvalue weighted by Gasteiger charge is -2.35. The lowest BCUT2D eigenvalue weighted by Crippen LogP contribution is -2.48. The summed E-state index contributed by atoms with van der Waals surface area (Å²) in [6.45, 7) is 5.85. The molecule has 2 fully saturated rings. The minimum Gasteiger partial charge on any atom is -0.387 e. The summed E-state index contributed by atoms with van der Waals surface area (Å²) in [5.74, 6) is 0.623. The number of rotatable bonds is 5. The van der Waals surface area contributed by atoms with Crippen LogP contribution in [0.25, 0.3) is 0 Å². The summed E-state index contributed by atoms with van der Waals surface area (Å²) in [5, 5.41) is 10.2. The van der Waals surface area contributed by atoms with Crippen molar-refractivity contribution >= 4 is 0 Å². The second-order valence-electron chi connectivity index (χ2n) is 6.08. The van der Waals surface area contributed by atoms with E-state index in [1.165, 1.54) is 25.5 Å². The number of nitrogens with zero attached hydrogens (tertiary/aromatic N) is 2. The molecule has 1 aromatic carbocycles. The molecule has 1 atom stereocenters. The van der Waals surface area contributed by atoms with E-state index in [0.29, 0.717) is 12.1 Å². The van der Waals surface area contributed by atoms with Gasteiger partial charge in [0.2, 0.25) is 0 Å². The van der Waals surface area contributed by atoms with Gasteiger partial charge in [-0.05, 0) is 24.8 Å². The molecule has 0 aromatic heterocycles. The van der Waals surface area contributed by atoms with Crippen molar-refractivity contribution in [3.63, 3.8) is 0 Å². The van der Waals surface area contributed by atoms with Crippen LogP contribution in [0.3, 0.4) is 0 Å². The molecule has 4 heteroatoms. The van der Waals surface area contributed by atoms with E-state index in [1.54, 1.807) is 18.2 Å². The molecule has 110 valence electrons. The molecule has 3 nitrogen and oxygen atoms in total. The van der Waals surface area contributed by atoms with Gasteiger partial charge in [-0.2, -0.15) is 0 Å². The zero-order valence-electron chi connectivity index (χ0n) is 11.8. The first-order chi connectivity index (χ1) is 9.72. The van der Waals surface area contributed by atoms with Crippen LogP contribution in [-0.2, 0) is 0 Å². The van der Waals surface area contributed by atoms with E-state index < -0.39 is 6.10 Å². The third-order valence-electron chi connectivity index (χ3n) is 4.37. The summed E-state index contributed by atoms with van der Waals surface area (Å²) in [4.78, 5) is 4.75. The molecule has 1 aliphatic heterocycles. The zero-order chi connectivity index (χ0) is 13.9. The smallest absolute Gasteiger partial charge is 0.129 e. The van der Waals surface area contributed by atoms with Gasteiger partial charge in [-0.1, -0.05) is 18.2 Å². The molecule has 20 heavy (non-hydrogen) atoms. The monoisotopic (exact) mass is 278 g/mol. The highest BCUT2D eigenvalue weighted by Gasteiger charge is 2.27. The van der Waals surface area contributed by atoms with Gasteiger partial charge < -0.3 is 10.0 Å². The zero-order valence-corrected chi connectivity index (χ0v) is 11.8. The molecular formula is C16H23FN2O. The average Bonchev–Trinajstić information content (AvgIpc) is 3.25. The SMILES string of the molecule is OC(CN1CCN(CC2CC2)CC1)c1ccccc1F. The second kappa shape index (κ2) is 6.20. The summed E-state index contributed by atoms with van der Waals surface area (Å²) < 4.78 is 13.6. The first-order valence-corrected chi connectivity index (χ1v) is 7.59. The predicted octanol–water partition coefficient (Wildman–Crippen LogP) is 1.89. The van der Waals surface area contributed by atoms with E-state index in [9.17, 15) is 9.50 Å². The van der Waals surface area contributed by atoms with Crippen molar-refractivity contribution in [2.24, 2.45) is 5.92 Å². The molecule has 0 radical (unpaired) electrons. The molecular weight excluding hydrogens is 255 g/mol. The molecule has 1 heterocycles. The van der Waals surface area contributed by atoms with Crippen molar-refractivity contribution in [3.05, 3.63) is 35.6 Å². The molecule has 0 amide bonds. The van der Waals surface area contributed by atoms with E-state index in [-0.39, 0.29) is 5.82 Å². The first kappa shape index (κ1) is 14.0. The number of benzene rings is 1. The van der Waals surface area contributed by atoms with Crippen LogP contribution >= 0.6 is 0 Å². The molecule has 1 N–H and O–H groups in total. The summed E-state index contributed by atoms with van der Waals surface area (Å²) in [7, 11) is 0. The van der Waals surface area contributed by atoms with Crippen LogP contribution in [0, 0.1) is 11.7 Å². The molecule has 1 unspecified atom stereocenters. The van der Waals surface area contributed by atoms with Gasteiger partial charge in [0.05, 0.1) is 6.10 Å². The Morgan fingerprint density at radius 2 is 1.75 bits per heavy atom. The van der Waals surface area contributed by atoms with Crippen LogP contribution in [0.2, 0.25) is 0 Å². The van der Waals surface area contributed by atoms with E-state index in [4.69, 9.17) is 0 Å². The van der Waals surface area contributed by atoms with Crippen LogP contribution in [0.15, 0.2) is 24.3 Å². The number of hydrogen-bond acceptors (Lipinski definition) is 3. The van der Waals surface area contributed by atoms with E-state index >= 15 is 0 Å². The number of halogens is 1. The molecule has 0 bridgehead atoms. The van der Waals surface area contributed by atoms with Crippen LogP contribution < -0.4 is 0 Å². The van der Waals surface area contributed by atoms with Gasteiger partial charge in [0.15, 0.2) is 0 Å². The van der Waals surface area contributed by atoms with Gasteiger partial charge in [0.25, 0.3) is 0 Å². The number of aliphatic hydroxyl groups excluding tert-OH is 1. The normalized spacial score (nSPS) is 22.9.